The van der Waals surface area contributed by atoms with Crippen LogP contribution in [0.1, 0.15) is 0 Å². The second kappa shape index (κ2) is 4.49. The van der Waals surface area contributed by atoms with E-state index in [-0.39, 0.29) is 23.0 Å². The number of phenolic OH excluding ortho intramolecular Hbond substituents is 1. The first kappa shape index (κ1) is 11.3. The molecule has 3 aromatic rings. The minimum atomic E-state index is -0.495. The Balaban J connectivity index is 2.04. The van der Waals surface area contributed by atoms with Crippen molar-refractivity contribution in [3.63, 3.8) is 0 Å². The number of hydrogen-bond acceptors (Lipinski definition) is 5. The Morgan fingerprint density at radius 3 is 2.84 bits per heavy atom. The van der Waals surface area contributed by atoms with Crippen LogP contribution in [0.15, 0.2) is 47.1 Å². The fraction of sp³-hybridized carbons (Fsp3) is 0. The van der Waals surface area contributed by atoms with Gasteiger partial charge in [0, 0.05) is 6.20 Å². The highest BCUT2D eigenvalue weighted by molar-refractivity contribution is 5.63. The fourth-order valence-corrected chi connectivity index (χ4v) is 1.61. The Kier molecular flexibility index (Phi) is 2.68. The molecule has 0 amide bonds. The molecular weight excluding hydrogens is 249 g/mol. The van der Waals surface area contributed by atoms with Crippen molar-refractivity contribution in [2.24, 2.45) is 0 Å². The summed E-state index contributed by atoms with van der Waals surface area (Å²) in [5.74, 6) is -0.306. The molecule has 0 atom stereocenters. The van der Waals surface area contributed by atoms with Crippen molar-refractivity contribution in [1.82, 2.24) is 15.1 Å². The van der Waals surface area contributed by atoms with Crippen LogP contribution in [0, 0.1) is 5.82 Å². The van der Waals surface area contributed by atoms with Gasteiger partial charge < -0.3 is 9.63 Å². The van der Waals surface area contributed by atoms with Gasteiger partial charge in [-0.15, -0.1) is 0 Å². The molecule has 0 spiro atoms. The lowest BCUT2D eigenvalue weighted by Crippen LogP contribution is -1.85. The van der Waals surface area contributed by atoms with Crippen molar-refractivity contribution in [3.05, 3.63) is 48.4 Å². The average Bonchev–Trinajstić information content (AvgIpc) is 2.92. The van der Waals surface area contributed by atoms with Crippen molar-refractivity contribution < 1.29 is 14.0 Å². The van der Waals surface area contributed by atoms with Gasteiger partial charge in [-0.3, -0.25) is 4.98 Å². The van der Waals surface area contributed by atoms with Gasteiger partial charge in [0.1, 0.15) is 17.3 Å². The van der Waals surface area contributed by atoms with Crippen LogP contribution in [0.2, 0.25) is 0 Å². The number of benzene rings is 1. The highest BCUT2D eigenvalue weighted by atomic mass is 19.1. The van der Waals surface area contributed by atoms with Crippen molar-refractivity contribution in [2.45, 2.75) is 0 Å². The van der Waals surface area contributed by atoms with Crippen LogP contribution in [-0.4, -0.2) is 20.2 Å². The number of aromatic nitrogens is 3. The molecule has 0 bridgehead atoms. The van der Waals surface area contributed by atoms with Crippen LogP contribution in [0.5, 0.6) is 5.75 Å². The van der Waals surface area contributed by atoms with Gasteiger partial charge in [0.2, 0.25) is 5.82 Å². The van der Waals surface area contributed by atoms with Crippen LogP contribution >= 0.6 is 0 Å². The van der Waals surface area contributed by atoms with Crippen molar-refractivity contribution in [3.8, 4) is 28.7 Å². The SMILES string of the molecule is Oc1ccc(F)cc1-c1nc(-c2ccccn2)no1. The summed E-state index contributed by atoms with van der Waals surface area (Å²) >= 11 is 0. The minimum Gasteiger partial charge on any atom is -0.507 e. The third kappa shape index (κ3) is 2.15. The zero-order chi connectivity index (χ0) is 13.2. The summed E-state index contributed by atoms with van der Waals surface area (Å²) in [6.07, 6.45) is 1.60. The van der Waals surface area contributed by atoms with E-state index < -0.39 is 5.82 Å². The molecule has 1 N–H and O–H groups in total. The van der Waals surface area contributed by atoms with E-state index in [2.05, 4.69) is 15.1 Å². The number of hydrogen-bond donors (Lipinski definition) is 1. The van der Waals surface area contributed by atoms with E-state index in [1.54, 1.807) is 24.4 Å². The quantitative estimate of drug-likeness (QED) is 0.764. The van der Waals surface area contributed by atoms with Gasteiger partial charge in [0.15, 0.2) is 0 Å². The third-order valence-electron chi connectivity index (χ3n) is 2.51. The van der Waals surface area contributed by atoms with Gasteiger partial charge in [0.05, 0.1) is 5.56 Å². The second-order valence-electron chi connectivity index (χ2n) is 3.80. The fourth-order valence-electron chi connectivity index (χ4n) is 1.61. The monoisotopic (exact) mass is 257 g/mol. The Morgan fingerprint density at radius 2 is 2.05 bits per heavy atom. The Morgan fingerprint density at radius 1 is 1.16 bits per heavy atom. The molecular formula is C13H8FN3O2. The van der Waals surface area contributed by atoms with E-state index in [1.807, 2.05) is 0 Å². The van der Waals surface area contributed by atoms with E-state index >= 15 is 0 Å². The second-order valence-corrected chi connectivity index (χ2v) is 3.80. The lowest BCUT2D eigenvalue weighted by Gasteiger charge is -1.98. The first-order valence-electron chi connectivity index (χ1n) is 5.48. The molecule has 0 unspecified atom stereocenters. The molecule has 0 aliphatic heterocycles. The summed E-state index contributed by atoms with van der Waals surface area (Å²) in [5, 5.41) is 13.4. The first-order valence-corrected chi connectivity index (χ1v) is 5.48. The Hall–Kier alpha value is -2.76. The molecule has 0 aliphatic rings. The summed E-state index contributed by atoms with van der Waals surface area (Å²) in [4.78, 5) is 8.16. The summed E-state index contributed by atoms with van der Waals surface area (Å²) in [6.45, 7) is 0. The van der Waals surface area contributed by atoms with Crippen LogP contribution < -0.4 is 0 Å². The average molecular weight is 257 g/mol. The molecule has 0 aliphatic carbocycles. The Bertz CT molecular complexity index is 713. The molecule has 5 nitrogen and oxygen atoms in total. The topological polar surface area (TPSA) is 72.0 Å². The lowest BCUT2D eigenvalue weighted by molar-refractivity contribution is 0.425. The molecule has 2 heterocycles. The number of aromatic hydroxyl groups is 1. The van der Waals surface area contributed by atoms with Crippen LogP contribution in [0.25, 0.3) is 23.0 Å². The largest absolute Gasteiger partial charge is 0.507 e. The van der Waals surface area contributed by atoms with Crippen LogP contribution in [0.3, 0.4) is 0 Å². The van der Waals surface area contributed by atoms with Gasteiger partial charge in [-0.2, -0.15) is 4.98 Å². The number of halogens is 1. The van der Waals surface area contributed by atoms with Gasteiger partial charge in [-0.1, -0.05) is 11.2 Å². The van der Waals surface area contributed by atoms with Gasteiger partial charge >= 0.3 is 0 Å². The van der Waals surface area contributed by atoms with Gasteiger partial charge in [-0.05, 0) is 30.3 Å². The predicted molar refractivity (Wildman–Crippen MR) is 64.6 cm³/mol. The molecule has 0 saturated heterocycles. The Labute approximate surface area is 107 Å². The highest BCUT2D eigenvalue weighted by Gasteiger charge is 2.15. The normalized spacial score (nSPS) is 10.6. The van der Waals surface area contributed by atoms with E-state index in [1.165, 1.54) is 6.07 Å². The van der Waals surface area contributed by atoms with Crippen molar-refractivity contribution >= 4 is 0 Å². The number of phenols is 1. The van der Waals surface area contributed by atoms with Crippen LogP contribution in [0.4, 0.5) is 4.39 Å². The number of nitrogens with zero attached hydrogens (tertiary/aromatic N) is 3. The first-order chi connectivity index (χ1) is 9.24. The van der Waals surface area contributed by atoms with Crippen molar-refractivity contribution in [1.29, 1.82) is 0 Å². The van der Waals surface area contributed by atoms with Gasteiger partial charge in [-0.25, -0.2) is 4.39 Å². The van der Waals surface area contributed by atoms with E-state index in [0.717, 1.165) is 12.1 Å². The molecule has 6 heteroatoms. The van der Waals surface area contributed by atoms with Crippen LogP contribution in [-0.2, 0) is 0 Å². The third-order valence-corrected chi connectivity index (χ3v) is 2.51. The maximum Gasteiger partial charge on any atom is 0.262 e. The maximum absolute atomic E-state index is 13.1. The highest BCUT2D eigenvalue weighted by Crippen LogP contribution is 2.29. The van der Waals surface area contributed by atoms with E-state index in [9.17, 15) is 9.50 Å². The molecule has 0 radical (unpaired) electrons. The summed E-state index contributed by atoms with van der Waals surface area (Å²) < 4.78 is 18.2. The molecule has 1 aromatic carbocycles. The van der Waals surface area contributed by atoms with Gasteiger partial charge in [0.25, 0.3) is 5.89 Å². The minimum absolute atomic E-state index is 0.0395. The molecule has 3 rings (SSSR count). The molecule has 0 fully saturated rings. The zero-order valence-corrected chi connectivity index (χ0v) is 9.62. The molecule has 0 saturated carbocycles. The lowest BCUT2D eigenvalue weighted by atomic mass is 10.2. The predicted octanol–water partition coefficient (Wildman–Crippen LogP) is 2.64. The number of rotatable bonds is 2. The summed E-state index contributed by atoms with van der Waals surface area (Å²) in [7, 11) is 0. The van der Waals surface area contributed by atoms with Crippen molar-refractivity contribution in [2.75, 3.05) is 0 Å². The summed E-state index contributed by atoms with van der Waals surface area (Å²) in [5.41, 5.74) is 0.683. The summed E-state index contributed by atoms with van der Waals surface area (Å²) in [6, 6.07) is 8.79. The van der Waals surface area contributed by atoms with E-state index in [0.29, 0.717) is 5.69 Å². The molecule has 19 heavy (non-hydrogen) atoms. The zero-order valence-electron chi connectivity index (χ0n) is 9.62. The molecule has 94 valence electrons. The standard InChI is InChI=1S/C13H8FN3O2/c14-8-4-5-11(18)9(7-8)13-16-12(17-19-13)10-3-1-2-6-15-10/h1-7,18H. The van der Waals surface area contributed by atoms with E-state index in [4.69, 9.17) is 4.52 Å². The molecule has 2 aromatic heterocycles. The smallest absolute Gasteiger partial charge is 0.262 e. The maximum atomic E-state index is 13.1. The number of pyridine rings is 1.